The molecule has 1 saturated carbocycles. The number of aromatic nitrogens is 4. The molecule has 6 heteroatoms. The van der Waals surface area contributed by atoms with Crippen molar-refractivity contribution < 1.29 is 4.79 Å². The molecule has 2 aromatic rings. The van der Waals surface area contributed by atoms with Gasteiger partial charge < -0.3 is 4.57 Å². The van der Waals surface area contributed by atoms with Gasteiger partial charge in [0.25, 0.3) is 0 Å². The Morgan fingerprint density at radius 1 is 1.32 bits per heavy atom. The minimum absolute atomic E-state index is 0.0514. The summed E-state index contributed by atoms with van der Waals surface area (Å²) in [6.45, 7) is 4.59. The maximum atomic E-state index is 11.6. The second-order valence-corrected chi connectivity index (χ2v) is 7.13. The Balaban J connectivity index is 2.00. The van der Waals surface area contributed by atoms with Crippen molar-refractivity contribution in [3.63, 3.8) is 0 Å². The van der Waals surface area contributed by atoms with Gasteiger partial charge in [0, 0.05) is 13.5 Å². The molecular weight excluding hydrogens is 296 g/mol. The van der Waals surface area contributed by atoms with Crippen LogP contribution in [0.25, 0.3) is 11.3 Å². The third kappa shape index (κ3) is 3.16. The first-order valence-electron chi connectivity index (χ1n) is 8.06. The summed E-state index contributed by atoms with van der Waals surface area (Å²) < 4.78 is 2.18. The molecule has 0 N–H and O–H groups in total. The van der Waals surface area contributed by atoms with Crippen molar-refractivity contribution in [2.24, 2.45) is 5.92 Å². The topological polar surface area (TPSA) is 60.7 Å². The van der Waals surface area contributed by atoms with Gasteiger partial charge in [-0.3, -0.25) is 4.79 Å². The van der Waals surface area contributed by atoms with Gasteiger partial charge in [-0.05, 0) is 24.5 Å². The molecule has 1 aliphatic carbocycles. The molecule has 0 saturated heterocycles. The third-order valence-corrected chi connectivity index (χ3v) is 5.08. The Labute approximate surface area is 134 Å². The molecule has 0 atom stereocenters. The SMILES string of the molecule is CCSc1nc2ncc(C(C)=O)nc2n1CC1CCCCC1. The molecule has 0 aliphatic heterocycles. The summed E-state index contributed by atoms with van der Waals surface area (Å²) in [4.78, 5) is 25.0. The Kier molecular flexibility index (Phi) is 4.76. The van der Waals surface area contributed by atoms with E-state index in [1.807, 2.05) is 0 Å². The molecule has 5 nitrogen and oxygen atoms in total. The first kappa shape index (κ1) is 15.5. The van der Waals surface area contributed by atoms with Gasteiger partial charge in [0.1, 0.15) is 5.69 Å². The van der Waals surface area contributed by atoms with E-state index in [1.54, 1.807) is 11.8 Å². The highest BCUT2D eigenvalue weighted by Gasteiger charge is 2.20. The average Bonchev–Trinajstić information content (AvgIpc) is 2.86. The molecule has 1 aliphatic rings. The minimum atomic E-state index is -0.0514. The van der Waals surface area contributed by atoms with Crippen LogP contribution in [0, 0.1) is 5.92 Å². The molecule has 3 rings (SSSR count). The first-order valence-corrected chi connectivity index (χ1v) is 9.04. The number of Topliss-reactive ketones (excluding diaryl/α,β-unsaturated/α-hetero) is 1. The van der Waals surface area contributed by atoms with Gasteiger partial charge in [0.05, 0.1) is 6.20 Å². The van der Waals surface area contributed by atoms with Gasteiger partial charge in [-0.25, -0.2) is 15.0 Å². The molecule has 0 radical (unpaired) electrons. The Bertz CT molecular complexity index is 676. The average molecular weight is 318 g/mol. The fraction of sp³-hybridized carbons (Fsp3) is 0.625. The number of imidazole rings is 1. The van der Waals surface area contributed by atoms with Crippen molar-refractivity contribution in [1.29, 1.82) is 0 Å². The van der Waals surface area contributed by atoms with Crippen molar-refractivity contribution in [2.45, 2.75) is 57.7 Å². The Morgan fingerprint density at radius 2 is 2.09 bits per heavy atom. The molecule has 2 heterocycles. The van der Waals surface area contributed by atoms with Crippen LogP contribution in [0.5, 0.6) is 0 Å². The van der Waals surface area contributed by atoms with Crippen LogP contribution in [0.2, 0.25) is 0 Å². The lowest BCUT2D eigenvalue weighted by atomic mass is 9.89. The number of carbonyl (C=O) groups is 1. The van der Waals surface area contributed by atoms with Gasteiger partial charge in [-0.15, -0.1) is 0 Å². The monoisotopic (exact) mass is 318 g/mol. The number of hydrogen-bond donors (Lipinski definition) is 0. The van der Waals surface area contributed by atoms with E-state index in [0.29, 0.717) is 17.3 Å². The Hall–Kier alpha value is -1.43. The predicted octanol–water partition coefficient (Wildman–Crippen LogP) is 3.72. The zero-order valence-corrected chi connectivity index (χ0v) is 14.0. The van der Waals surface area contributed by atoms with Crippen LogP contribution in [0.3, 0.4) is 0 Å². The fourth-order valence-electron chi connectivity index (χ4n) is 3.08. The predicted molar refractivity (Wildman–Crippen MR) is 88.3 cm³/mol. The lowest BCUT2D eigenvalue weighted by molar-refractivity contribution is 0.101. The van der Waals surface area contributed by atoms with Crippen LogP contribution in [-0.2, 0) is 6.54 Å². The molecule has 0 aromatic carbocycles. The van der Waals surface area contributed by atoms with E-state index in [1.165, 1.54) is 45.2 Å². The molecule has 0 unspecified atom stereocenters. The first-order chi connectivity index (χ1) is 10.7. The van der Waals surface area contributed by atoms with Crippen molar-refractivity contribution in [2.75, 3.05) is 5.75 Å². The van der Waals surface area contributed by atoms with E-state index in [-0.39, 0.29) is 5.78 Å². The van der Waals surface area contributed by atoms with Crippen LogP contribution in [-0.4, -0.2) is 31.1 Å². The summed E-state index contributed by atoms with van der Waals surface area (Å²) in [5.74, 6) is 1.60. The van der Waals surface area contributed by atoms with Crippen molar-refractivity contribution in [3.05, 3.63) is 11.9 Å². The zero-order chi connectivity index (χ0) is 15.5. The van der Waals surface area contributed by atoms with Gasteiger partial charge in [-0.2, -0.15) is 0 Å². The van der Waals surface area contributed by atoms with Crippen LogP contribution >= 0.6 is 11.8 Å². The molecule has 0 spiro atoms. The highest BCUT2D eigenvalue weighted by atomic mass is 32.2. The summed E-state index contributed by atoms with van der Waals surface area (Å²) in [6, 6.07) is 0. The largest absolute Gasteiger partial charge is 0.302 e. The summed E-state index contributed by atoms with van der Waals surface area (Å²) in [7, 11) is 0. The second-order valence-electron chi connectivity index (χ2n) is 5.90. The Morgan fingerprint density at radius 3 is 2.77 bits per heavy atom. The van der Waals surface area contributed by atoms with E-state index in [2.05, 4.69) is 26.4 Å². The number of ketones is 1. The van der Waals surface area contributed by atoms with Gasteiger partial charge in [0.15, 0.2) is 22.2 Å². The molecular formula is C16H22N4OS. The molecule has 118 valence electrons. The van der Waals surface area contributed by atoms with E-state index in [0.717, 1.165) is 23.1 Å². The molecule has 2 aromatic heterocycles. The number of thioether (sulfide) groups is 1. The smallest absolute Gasteiger partial charge is 0.198 e. The van der Waals surface area contributed by atoms with Crippen LogP contribution in [0.4, 0.5) is 0 Å². The summed E-state index contributed by atoms with van der Waals surface area (Å²) in [5.41, 5.74) is 1.83. The highest BCUT2D eigenvalue weighted by molar-refractivity contribution is 7.99. The van der Waals surface area contributed by atoms with Crippen molar-refractivity contribution >= 4 is 28.8 Å². The number of nitrogens with zero attached hydrogens (tertiary/aromatic N) is 4. The van der Waals surface area contributed by atoms with Crippen LogP contribution in [0.15, 0.2) is 11.4 Å². The number of rotatable bonds is 5. The van der Waals surface area contributed by atoms with E-state index in [4.69, 9.17) is 0 Å². The van der Waals surface area contributed by atoms with E-state index in [9.17, 15) is 4.79 Å². The standard InChI is InChI=1S/C16H22N4OS/c1-3-22-16-19-14-15(18-13(9-17-14)11(2)21)20(16)10-12-7-5-4-6-8-12/h9,12H,3-8,10H2,1-2H3. The quantitative estimate of drug-likeness (QED) is 0.621. The zero-order valence-electron chi connectivity index (χ0n) is 13.2. The van der Waals surface area contributed by atoms with E-state index < -0.39 is 0 Å². The lowest BCUT2D eigenvalue weighted by Crippen LogP contribution is -2.15. The normalized spacial score (nSPS) is 16.3. The third-order valence-electron chi connectivity index (χ3n) is 4.22. The maximum Gasteiger partial charge on any atom is 0.198 e. The molecule has 22 heavy (non-hydrogen) atoms. The summed E-state index contributed by atoms with van der Waals surface area (Å²) in [5, 5.41) is 0.976. The summed E-state index contributed by atoms with van der Waals surface area (Å²) >= 11 is 1.72. The minimum Gasteiger partial charge on any atom is -0.302 e. The lowest BCUT2D eigenvalue weighted by Gasteiger charge is -2.22. The maximum absolute atomic E-state index is 11.6. The highest BCUT2D eigenvalue weighted by Crippen LogP contribution is 2.29. The molecule has 0 bridgehead atoms. The fourth-order valence-corrected chi connectivity index (χ4v) is 3.80. The van der Waals surface area contributed by atoms with Crippen LogP contribution in [0.1, 0.15) is 56.4 Å². The van der Waals surface area contributed by atoms with Crippen molar-refractivity contribution in [1.82, 2.24) is 19.5 Å². The number of carbonyl (C=O) groups excluding carboxylic acids is 1. The van der Waals surface area contributed by atoms with Gasteiger partial charge >= 0.3 is 0 Å². The van der Waals surface area contributed by atoms with E-state index >= 15 is 0 Å². The summed E-state index contributed by atoms with van der Waals surface area (Å²) in [6.07, 6.45) is 8.07. The molecule has 1 fully saturated rings. The molecule has 0 amide bonds. The second kappa shape index (κ2) is 6.77. The van der Waals surface area contributed by atoms with Crippen LogP contribution < -0.4 is 0 Å². The van der Waals surface area contributed by atoms with Gasteiger partial charge in [0.2, 0.25) is 0 Å². The van der Waals surface area contributed by atoms with Gasteiger partial charge in [-0.1, -0.05) is 37.9 Å². The number of fused-ring (bicyclic) bond motifs is 1. The number of hydrogen-bond acceptors (Lipinski definition) is 5. The van der Waals surface area contributed by atoms with Crippen molar-refractivity contribution in [3.8, 4) is 0 Å².